The third-order valence-electron chi connectivity index (χ3n) is 3.30. The monoisotopic (exact) mass is 332 g/mol. The van der Waals surface area contributed by atoms with Crippen LogP contribution < -0.4 is 5.32 Å². The van der Waals surface area contributed by atoms with E-state index in [1.807, 2.05) is 0 Å². The quantitative estimate of drug-likeness (QED) is 0.922. The Morgan fingerprint density at radius 3 is 2.68 bits per heavy atom. The van der Waals surface area contributed by atoms with Gasteiger partial charge in [0.1, 0.15) is 17.2 Å². The molecule has 1 aliphatic heterocycles. The summed E-state index contributed by atoms with van der Waals surface area (Å²) in [6.45, 7) is 1.17. The third kappa shape index (κ3) is 2.95. The van der Waals surface area contributed by atoms with Crippen molar-refractivity contribution < 1.29 is 13.6 Å². The lowest BCUT2D eigenvalue weighted by atomic mass is 10.1. The highest BCUT2D eigenvalue weighted by molar-refractivity contribution is 9.10. The standard InChI is InChI=1S/C13H15BrF2N2O/c1-17-7-9-3-2-4-18(9)13(19)12-10(15)5-8(14)6-11(12)16/h5-6,9,17H,2-4,7H2,1H3. The molecule has 1 saturated heterocycles. The number of nitrogens with zero attached hydrogens (tertiary/aromatic N) is 1. The second-order valence-electron chi connectivity index (χ2n) is 4.60. The summed E-state index contributed by atoms with van der Waals surface area (Å²) in [5, 5.41) is 3.00. The lowest BCUT2D eigenvalue weighted by Gasteiger charge is -2.25. The van der Waals surface area contributed by atoms with E-state index in [2.05, 4.69) is 21.2 Å². The molecular formula is C13H15BrF2N2O. The predicted octanol–water partition coefficient (Wildman–Crippen LogP) is 2.55. The largest absolute Gasteiger partial charge is 0.334 e. The van der Waals surface area contributed by atoms with E-state index in [0.717, 1.165) is 25.0 Å². The molecular weight excluding hydrogens is 318 g/mol. The van der Waals surface area contributed by atoms with Gasteiger partial charge in [0, 0.05) is 23.6 Å². The van der Waals surface area contributed by atoms with E-state index < -0.39 is 23.1 Å². The second-order valence-corrected chi connectivity index (χ2v) is 5.51. The molecule has 6 heteroatoms. The fourth-order valence-corrected chi connectivity index (χ4v) is 2.84. The normalized spacial score (nSPS) is 18.9. The molecule has 3 nitrogen and oxygen atoms in total. The van der Waals surface area contributed by atoms with Gasteiger partial charge in [-0.05, 0) is 32.0 Å². The van der Waals surface area contributed by atoms with Crippen molar-refractivity contribution in [1.29, 1.82) is 0 Å². The molecule has 0 aromatic heterocycles. The maximum absolute atomic E-state index is 13.8. The van der Waals surface area contributed by atoms with Crippen molar-refractivity contribution >= 4 is 21.8 Å². The van der Waals surface area contributed by atoms with E-state index in [9.17, 15) is 13.6 Å². The summed E-state index contributed by atoms with van der Waals surface area (Å²) in [7, 11) is 1.79. The van der Waals surface area contributed by atoms with Crippen LogP contribution in [0.25, 0.3) is 0 Å². The molecule has 2 rings (SSSR count). The minimum atomic E-state index is -0.827. The highest BCUT2D eigenvalue weighted by Crippen LogP contribution is 2.25. The van der Waals surface area contributed by atoms with Crippen LogP contribution in [0.5, 0.6) is 0 Å². The summed E-state index contributed by atoms with van der Waals surface area (Å²) < 4.78 is 27.9. The number of carbonyl (C=O) groups is 1. The van der Waals surface area contributed by atoms with Gasteiger partial charge in [0.05, 0.1) is 0 Å². The number of rotatable bonds is 3. The van der Waals surface area contributed by atoms with Gasteiger partial charge < -0.3 is 10.2 Å². The summed E-state index contributed by atoms with van der Waals surface area (Å²) in [6.07, 6.45) is 1.71. The third-order valence-corrected chi connectivity index (χ3v) is 3.76. The number of amides is 1. The molecule has 1 amide bonds. The van der Waals surface area contributed by atoms with Gasteiger partial charge in [0.2, 0.25) is 0 Å². The van der Waals surface area contributed by atoms with Crippen LogP contribution >= 0.6 is 15.9 Å². The Morgan fingerprint density at radius 1 is 1.47 bits per heavy atom. The van der Waals surface area contributed by atoms with Crippen LogP contribution in [0, 0.1) is 11.6 Å². The summed E-state index contributed by atoms with van der Waals surface area (Å²) in [5.74, 6) is -2.22. The number of likely N-dealkylation sites (N-methyl/N-ethyl adjacent to an activating group) is 1. The zero-order valence-electron chi connectivity index (χ0n) is 10.5. The van der Waals surface area contributed by atoms with Gasteiger partial charge in [-0.15, -0.1) is 0 Å². The van der Waals surface area contributed by atoms with Crippen molar-refractivity contribution in [2.75, 3.05) is 20.1 Å². The fourth-order valence-electron chi connectivity index (χ4n) is 2.44. The highest BCUT2D eigenvalue weighted by Gasteiger charge is 2.32. The average Bonchev–Trinajstić information content (AvgIpc) is 2.76. The molecule has 0 bridgehead atoms. The molecule has 1 aromatic rings. The molecule has 19 heavy (non-hydrogen) atoms. The maximum atomic E-state index is 13.8. The van der Waals surface area contributed by atoms with Gasteiger partial charge >= 0.3 is 0 Å². The van der Waals surface area contributed by atoms with Gasteiger partial charge in [0.25, 0.3) is 5.91 Å². The highest BCUT2D eigenvalue weighted by atomic mass is 79.9. The Morgan fingerprint density at radius 2 is 2.11 bits per heavy atom. The van der Waals surface area contributed by atoms with Crippen molar-refractivity contribution in [2.24, 2.45) is 0 Å². The van der Waals surface area contributed by atoms with Gasteiger partial charge in [-0.2, -0.15) is 0 Å². The smallest absolute Gasteiger partial charge is 0.260 e. The molecule has 1 heterocycles. The summed E-state index contributed by atoms with van der Waals surface area (Å²) >= 11 is 3.00. The van der Waals surface area contributed by atoms with Crippen molar-refractivity contribution in [2.45, 2.75) is 18.9 Å². The zero-order chi connectivity index (χ0) is 14.0. The summed E-state index contributed by atoms with van der Waals surface area (Å²) in [5.41, 5.74) is -0.466. The molecule has 1 unspecified atom stereocenters. The Hall–Kier alpha value is -1.01. The lowest BCUT2D eigenvalue weighted by molar-refractivity contribution is 0.0727. The van der Waals surface area contributed by atoms with Gasteiger partial charge in [-0.1, -0.05) is 15.9 Å². The first-order chi connectivity index (χ1) is 9.04. The minimum Gasteiger partial charge on any atom is -0.334 e. The molecule has 0 spiro atoms. The molecule has 0 aliphatic carbocycles. The molecule has 1 fully saturated rings. The van der Waals surface area contributed by atoms with Gasteiger partial charge in [0.15, 0.2) is 0 Å². The first-order valence-electron chi connectivity index (χ1n) is 6.14. The molecule has 1 aliphatic rings. The van der Waals surface area contributed by atoms with Crippen molar-refractivity contribution in [3.63, 3.8) is 0 Å². The van der Waals surface area contributed by atoms with Crippen LogP contribution in [0.2, 0.25) is 0 Å². The van der Waals surface area contributed by atoms with E-state index in [0.29, 0.717) is 13.1 Å². The van der Waals surface area contributed by atoms with E-state index in [4.69, 9.17) is 0 Å². The topological polar surface area (TPSA) is 32.3 Å². The Bertz CT molecular complexity index is 473. The number of benzene rings is 1. The molecule has 0 radical (unpaired) electrons. The van der Waals surface area contributed by atoms with Crippen LogP contribution in [0.15, 0.2) is 16.6 Å². The SMILES string of the molecule is CNCC1CCCN1C(=O)c1c(F)cc(Br)cc1F. The second kappa shape index (κ2) is 5.96. The molecule has 1 atom stereocenters. The lowest BCUT2D eigenvalue weighted by Crippen LogP contribution is -2.41. The Balaban J connectivity index is 2.29. The van der Waals surface area contributed by atoms with Crippen molar-refractivity contribution in [1.82, 2.24) is 10.2 Å². The molecule has 0 saturated carbocycles. The first kappa shape index (κ1) is 14.4. The van der Waals surface area contributed by atoms with E-state index in [-0.39, 0.29) is 10.5 Å². The van der Waals surface area contributed by atoms with Crippen LogP contribution in [0.3, 0.4) is 0 Å². The number of hydrogen-bond donors (Lipinski definition) is 1. The van der Waals surface area contributed by atoms with E-state index in [1.54, 1.807) is 11.9 Å². The van der Waals surface area contributed by atoms with Crippen LogP contribution in [0.1, 0.15) is 23.2 Å². The van der Waals surface area contributed by atoms with Crippen LogP contribution in [-0.2, 0) is 0 Å². The Kier molecular flexibility index (Phi) is 4.52. The minimum absolute atomic E-state index is 0.0000492. The average molecular weight is 333 g/mol. The van der Waals surface area contributed by atoms with Crippen molar-refractivity contribution in [3.05, 3.63) is 33.8 Å². The predicted molar refractivity (Wildman–Crippen MR) is 72.0 cm³/mol. The maximum Gasteiger partial charge on any atom is 0.260 e. The fraction of sp³-hybridized carbons (Fsp3) is 0.462. The van der Waals surface area contributed by atoms with Gasteiger partial charge in [-0.3, -0.25) is 4.79 Å². The van der Waals surface area contributed by atoms with Crippen molar-refractivity contribution in [3.8, 4) is 0 Å². The van der Waals surface area contributed by atoms with E-state index in [1.165, 1.54) is 0 Å². The number of carbonyl (C=O) groups excluding carboxylic acids is 1. The Labute approximate surface area is 119 Å². The van der Waals surface area contributed by atoms with Crippen LogP contribution in [0.4, 0.5) is 8.78 Å². The van der Waals surface area contributed by atoms with Gasteiger partial charge in [-0.25, -0.2) is 8.78 Å². The van der Waals surface area contributed by atoms with Crippen LogP contribution in [-0.4, -0.2) is 37.0 Å². The molecule has 1 N–H and O–H groups in total. The zero-order valence-corrected chi connectivity index (χ0v) is 12.1. The number of likely N-dealkylation sites (tertiary alicyclic amines) is 1. The number of nitrogens with one attached hydrogen (secondary N) is 1. The number of halogens is 3. The first-order valence-corrected chi connectivity index (χ1v) is 6.94. The molecule has 104 valence electrons. The summed E-state index contributed by atoms with van der Waals surface area (Å²) in [6, 6.07) is 2.22. The number of hydrogen-bond acceptors (Lipinski definition) is 2. The summed E-state index contributed by atoms with van der Waals surface area (Å²) in [4.78, 5) is 13.8. The molecule has 1 aromatic carbocycles. The van der Waals surface area contributed by atoms with E-state index >= 15 is 0 Å².